The van der Waals surface area contributed by atoms with Crippen LogP contribution in [0.25, 0.3) is 0 Å². The first kappa shape index (κ1) is 22.4. The molecule has 2 aliphatic carbocycles. The lowest BCUT2D eigenvalue weighted by atomic mass is 9.66. The maximum atomic E-state index is 13.0. The molecular weight excluding hydrogens is 392 g/mol. The van der Waals surface area contributed by atoms with E-state index in [-0.39, 0.29) is 17.9 Å². The summed E-state index contributed by atoms with van der Waals surface area (Å²) in [4.78, 5) is 15.3. The molecule has 1 amide bonds. The summed E-state index contributed by atoms with van der Waals surface area (Å²) < 4.78 is 11.1. The van der Waals surface area contributed by atoms with Gasteiger partial charge < -0.3 is 19.9 Å². The predicted molar refractivity (Wildman–Crippen MR) is 120 cm³/mol. The average molecular weight is 431 g/mol. The van der Waals surface area contributed by atoms with Crippen LogP contribution in [-0.2, 0) is 4.79 Å². The Morgan fingerprint density at radius 1 is 1.10 bits per heavy atom. The first-order valence-electron chi connectivity index (χ1n) is 12.0. The molecule has 6 heteroatoms. The molecule has 4 rings (SSSR count). The predicted octanol–water partition coefficient (Wildman–Crippen LogP) is 3.82. The highest BCUT2D eigenvalue weighted by Gasteiger charge is 2.49. The average Bonchev–Trinajstić information content (AvgIpc) is 2.79. The van der Waals surface area contributed by atoms with Crippen molar-refractivity contribution in [1.82, 2.24) is 10.2 Å². The Morgan fingerprint density at radius 2 is 1.87 bits per heavy atom. The molecule has 3 atom stereocenters. The molecule has 1 aromatic carbocycles. The van der Waals surface area contributed by atoms with Gasteiger partial charge in [-0.25, -0.2) is 0 Å². The molecule has 3 fully saturated rings. The molecule has 1 saturated heterocycles. The summed E-state index contributed by atoms with van der Waals surface area (Å²) in [5.74, 6) is 1.71. The molecule has 2 N–H and O–H groups in total. The van der Waals surface area contributed by atoms with Gasteiger partial charge in [-0.1, -0.05) is 38.2 Å². The Morgan fingerprint density at radius 3 is 2.61 bits per heavy atom. The van der Waals surface area contributed by atoms with E-state index in [0.717, 1.165) is 62.0 Å². The minimum Gasteiger partial charge on any atom is -0.497 e. The van der Waals surface area contributed by atoms with E-state index >= 15 is 0 Å². The van der Waals surface area contributed by atoms with Crippen molar-refractivity contribution in [1.29, 1.82) is 0 Å². The molecular formula is C25H38N2O4. The minimum atomic E-state index is -0.662. The number of piperidine rings is 1. The Kier molecular flexibility index (Phi) is 7.07. The van der Waals surface area contributed by atoms with Crippen LogP contribution in [0.5, 0.6) is 11.5 Å². The van der Waals surface area contributed by atoms with E-state index in [1.165, 1.54) is 19.3 Å². The highest BCUT2D eigenvalue weighted by molar-refractivity contribution is 5.78. The fourth-order valence-electron chi connectivity index (χ4n) is 6.10. The monoisotopic (exact) mass is 430 g/mol. The number of aliphatic hydroxyl groups is 1. The molecule has 31 heavy (non-hydrogen) atoms. The number of hydrogen-bond acceptors (Lipinski definition) is 5. The van der Waals surface area contributed by atoms with Crippen molar-refractivity contribution in [3.63, 3.8) is 0 Å². The lowest BCUT2D eigenvalue weighted by molar-refractivity contribution is -0.138. The van der Waals surface area contributed by atoms with Crippen LogP contribution in [0, 0.1) is 5.92 Å². The Bertz CT molecular complexity index is 764. The van der Waals surface area contributed by atoms with Crippen LogP contribution < -0.4 is 14.8 Å². The molecule has 1 heterocycles. The number of amides is 1. The second-order valence-corrected chi connectivity index (χ2v) is 9.63. The normalized spacial score (nSPS) is 29.8. The molecule has 0 aromatic heterocycles. The number of fused-ring (bicyclic) bond motifs is 1. The van der Waals surface area contributed by atoms with Gasteiger partial charge >= 0.3 is 0 Å². The number of methoxy groups -OCH3 is 2. The lowest BCUT2D eigenvalue weighted by Crippen LogP contribution is -2.56. The Balaban J connectivity index is 1.60. The van der Waals surface area contributed by atoms with Crippen molar-refractivity contribution in [2.24, 2.45) is 5.92 Å². The van der Waals surface area contributed by atoms with Gasteiger partial charge in [0.2, 0.25) is 5.91 Å². The van der Waals surface area contributed by atoms with Crippen LogP contribution in [0.4, 0.5) is 0 Å². The molecule has 0 unspecified atom stereocenters. The van der Waals surface area contributed by atoms with Gasteiger partial charge in [-0.2, -0.15) is 0 Å². The molecule has 3 aliphatic rings. The third-order valence-electron chi connectivity index (χ3n) is 7.75. The number of carbonyl (C=O) groups excluding carboxylic acids is 1. The van der Waals surface area contributed by atoms with E-state index in [1.54, 1.807) is 14.2 Å². The molecule has 1 aromatic rings. The van der Waals surface area contributed by atoms with Crippen molar-refractivity contribution in [2.75, 3.05) is 27.3 Å². The van der Waals surface area contributed by atoms with E-state index in [9.17, 15) is 9.90 Å². The van der Waals surface area contributed by atoms with Crippen molar-refractivity contribution >= 4 is 5.91 Å². The van der Waals surface area contributed by atoms with Crippen LogP contribution in [0.15, 0.2) is 18.2 Å². The molecule has 0 spiro atoms. The van der Waals surface area contributed by atoms with E-state index < -0.39 is 5.60 Å². The zero-order chi connectivity index (χ0) is 21.8. The highest BCUT2D eigenvalue weighted by atomic mass is 16.5. The standard InChI is InChI=1S/C25H38N2O4/c1-30-19-11-12-20(22(16-19)31-2)24-21-10-6-7-13-25(21,29)14-15-27(24)17-23(28)26-18-8-4-3-5-9-18/h11-12,16,18,21,24,29H,3-10,13-15,17H2,1-2H3,(H,26,28)/t21-,24+,25+/m1/s1. The molecule has 1 aliphatic heterocycles. The summed E-state index contributed by atoms with van der Waals surface area (Å²) >= 11 is 0. The van der Waals surface area contributed by atoms with Crippen molar-refractivity contribution in [3.8, 4) is 11.5 Å². The number of hydrogen-bond donors (Lipinski definition) is 2. The third-order valence-corrected chi connectivity index (χ3v) is 7.75. The summed E-state index contributed by atoms with van der Waals surface area (Å²) in [5, 5.41) is 14.8. The summed E-state index contributed by atoms with van der Waals surface area (Å²) in [6.07, 6.45) is 10.6. The van der Waals surface area contributed by atoms with Crippen LogP contribution in [0.3, 0.4) is 0 Å². The van der Waals surface area contributed by atoms with Crippen molar-refractivity contribution in [3.05, 3.63) is 23.8 Å². The van der Waals surface area contributed by atoms with Crippen LogP contribution in [0.1, 0.15) is 75.8 Å². The van der Waals surface area contributed by atoms with Gasteiger partial charge in [0.1, 0.15) is 11.5 Å². The number of benzene rings is 1. The Labute approximate surface area is 186 Å². The SMILES string of the molecule is COc1ccc([C@H]2[C@H]3CCCC[C@]3(O)CCN2CC(=O)NC2CCCCC2)c(OC)c1. The van der Waals surface area contributed by atoms with Crippen LogP contribution in [-0.4, -0.2) is 54.9 Å². The molecule has 172 valence electrons. The zero-order valence-electron chi connectivity index (χ0n) is 19.1. The number of carbonyl (C=O) groups is 1. The molecule has 6 nitrogen and oxygen atoms in total. The van der Waals surface area contributed by atoms with Crippen molar-refractivity contribution < 1.29 is 19.4 Å². The van der Waals surface area contributed by atoms with Crippen LogP contribution >= 0.6 is 0 Å². The number of nitrogens with zero attached hydrogens (tertiary/aromatic N) is 1. The largest absolute Gasteiger partial charge is 0.497 e. The molecule has 0 bridgehead atoms. The summed E-state index contributed by atoms with van der Waals surface area (Å²) in [7, 11) is 3.32. The smallest absolute Gasteiger partial charge is 0.234 e. The maximum Gasteiger partial charge on any atom is 0.234 e. The van der Waals surface area contributed by atoms with E-state index in [0.29, 0.717) is 19.1 Å². The van der Waals surface area contributed by atoms with E-state index in [2.05, 4.69) is 16.3 Å². The Hall–Kier alpha value is -1.79. The summed E-state index contributed by atoms with van der Waals surface area (Å²) in [5.41, 5.74) is 0.378. The summed E-state index contributed by atoms with van der Waals surface area (Å²) in [6, 6.07) is 6.18. The molecule has 2 saturated carbocycles. The quantitative estimate of drug-likeness (QED) is 0.718. The molecule has 0 radical (unpaired) electrons. The van der Waals surface area contributed by atoms with Crippen molar-refractivity contribution in [2.45, 2.75) is 81.9 Å². The third kappa shape index (κ3) is 4.85. The highest BCUT2D eigenvalue weighted by Crippen LogP contribution is 2.51. The van der Waals surface area contributed by atoms with E-state index in [1.807, 2.05) is 12.1 Å². The topological polar surface area (TPSA) is 71.0 Å². The zero-order valence-corrected chi connectivity index (χ0v) is 19.1. The fraction of sp³-hybridized carbons (Fsp3) is 0.720. The fourth-order valence-corrected chi connectivity index (χ4v) is 6.10. The minimum absolute atomic E-state index is 0.0444. The number of likely N-dealkylation sites (tertiary alicyclic amines) is 1. The number of rotatable bonds is 6. The van der Waals surface area contributed by atoms with Gasteiger partial charge in [0.15, 0.2) is 0 Å². The van der Waals surface area contributed by atoms with E-state index in [4.69, 9.17) is 9.47 Å². The number of ether oxygens (including phenoxy) is 2. The van der Waals surface area contributed by atoms with Gasteiger partial charge in [-0.3, -0.25) is 9.69 Å². The van der Waals surface area contributed by atoms with Gasteiger partial charge in [0.25, 0.3) is 0 Å². The van der Waals surface area contributed by atoms with Gasteiger partial charge in [0.05, 0.1) is 26.4 Å². The second-order valence-electron chi connectivity index (χ2n) is 9.63. The second kappa shape index (κ2) is 9.78. The maximum absolute atomic E-state index is 13.0. The van der Waals surface area contributed by atoms with Gasteiger partial charge in [-0.05, 0) is 38.2 Å². The first-order chi connectivity index (χ1) is 15.0. The van der Waals surface area contributed by atoms with Gasteiger partial charge in [0, 0.05) is 36.2 Å². The van der Waals surface area contributed by atoms with Gasteiger partial charge in [-0.15, -0.1) is 0 Å². The number of nitrogens with one attached hydrogen (secondary N) is 1. The van der Waals surface area contributed by atoms with Crippen LogP contribution in [0.2, 0.25) is 0 Å². The first-order valence-corrected chi connectivity index (χ1v) is 12.0. The summed E-state index contributed by atoms with van der Waals surface area (Å²) in [6.45, 7) is 1.08. The lowest BCUT2D eigenvalue weighted by Gasteiger charge is -2.52.